The van der Waals surface area contributed by atoms with Crippen LogP contribution in [-0.4, -0.2) is 5.91 Å². The van der Waals surface area contributed by atoms with Crippen LogP contribution in [0.5, 0.6) is 0 Å². The minimum atomic E-state index is -0.428. The molecule has 0 radical (unpaired) electrons. The number of carbonyl (C=O) groups is 1. The number of halogens is 1. The maximum Gasteiger partial charge on any atom is 0.225 e. The van der Waals surface area contributed by atoms with Gasteiger partial charge in [0.1, 0.15) is 0 Å². The molecule has 124 valence electrons. The second-order valence-electron chi connectivity index (χ2n) is 6.21. The van der Waals surface area contributed by atoms with Crippen molar-refractivity contribution in [2.24, 2.45) is 11.7 Å². The van der Waals surface area contributed by atoms with Crippen LogP contribution in [0.1, 0.15) is 37.9 Å². The Balaban J connectivity index is 0.00000264. The van der Waals surface area contributed by atoms with Crippen LogP contribution in [0.4, 0.5) is 0 Å². The third-order valence-corrected chi connectivity index (χ3v) is 4.07. The Morgan fingerprint density at radius 3 is 2.00 bits per heavy atom. The lowest BCUT2D eigenvalue weighted by Crippen LogP contribution is -2.45. The zero-order valence-corrected chi connectivity index (χ0v) is 14.6. The average molecular weight is 333 g/mol. The molecule has 0 heterocycles. The lowest BCUT2D eigenvalue weighted by Gasteiger charge is -2.30. The SMILES string of the molecule is CC(C(=O)NC(C)(C)c1ccccc1)C(N)c1ccccc1.Cl. The van der Waals surface area contributed by atoms with Gasteiger partial charge in [0, 0.05) is 6.04 Å². The normalized spacial score (nSPS) is 13.6. The molecule has 2 unspecified atom stereocenters. The van der Waals surface area contributed by atoms with Crippen LogP contribution in [0.3, 0.4) is 0 Å². The quantitative estimate of drug-likeness (QED) is 0.875. The molecular weight excluding hydrogens is 308 g/mol. The summed E-state index contributed by atoms with van der Waals surface area (Å²) >= 11 is 0. The van der Waals surface area contributed by atoms with Crippen LogP contribution in [-0.2, 0) is 10.3 Å². The van der Waals surface area contributed by atoms with Crippen molar-refractivity contribution in [2.45, 2.75) is 32.4 Å². The standard InChI is InChI=1S/C19H24N2O.ClH/c1-14(17(20)15-10-6-4-7-11-15)18(22)21-19(2,3)16-12-8-5-9-13-16;/h4-14,17H,20H2,1-3H3,(H,21,22);1H. The van der Waals surface area contributed by atoms with Crippen LogP contribution in [0.15, 0.2) is 60.7 Å². The molecule has 4 heteroatoms. The van der Waals surface area contributed by atoms with Crippen molar-refractivity contribution in [2.75, 3.05) is 0 Å². The van der Waals surface area contributed by atoms with E-state index in [9.17, 15) is 4.79 Å². The summed E-state index contributed by atoms with van der Waals surface area (Å²) < 4.78 is 0. The summed E-state index contributed by atoms with van der Waals surface area (Å²) in [5.74, 6) is -0.337. The molecule has 0 fully saturated rings. The number of amides is 1. The van der Waals surface area contributed by atoms with Gasteiger partial charge in [-0.3, -0.25) is 4.79 Å². The van der Waals surface area contributed by atoms with Crippen molar-refractivity contribution in [3.63, 3.8) is 0 Å². The van der Waals surface area contributed by atoms with E-state index in [1.54, 1.807) is 0 Å². The van der Waals surface area contributed by atoms with Gasteiger partial charge in [0.05, 0.1) is 11.5 Å². The van der Waals surface area contributed by atoms with Gasteiger partial charge in [0.25, 0.3) is 0 Å². The van der Waals surface area contributed by atoms with Crippen molar-refractivity contribution in [1.29, 1.82) is 0 Å². The summed E-state index contributed by atoms with van der Waals surface area (Å²) in [7, 11) is 0. The van der Waals surface area contributed by atoms with Gasteiger partial charge in [0.2, 0.25) is 5.91 Å². The Morgan fingerprint density at radius 2 is 1.48 bits per heavy atom. The maximum absolute atomic E-state index is 12.6. The van der Waals surface area contributed by atoms with Crippen LogP contribution in [0, 0.1) is 5.92 Å². The first-order valence-electron chi connectivity index (χ1n) is 7.60. The zero-order chi connectivity index (χ0) is 16.2. The Hall–Kier alpha value is -1.84. The fourth-order valence-electron chi connectivity index (χ4n) is 2.48. The van der Waals surface area contributed by atoms with E-state index >= 15 is 0 Å². The largest absolute Gasteiger partial charge is 0.347 e. The molecule has 2 aromatic rings. The highest BCUT2D eigenvalue weighted by Gasteiger charge is 2.28. The second-order valence-corrected chi connectivity index (χ2v) is 6.21. The van der Waals surface area contributed by atoms with Gasteiger partial charge in [-0.15, -0.1) is 12.4 Å². The summed E-state index contributed by atoms with van der Waals surface area (Å²) in [5.41, 5.74) is 7.86. The van der Waals surface area contributed by atoms with Gasteiger partial charge >= 0.3 is 0 Å². The van der Waals surface area contributed by atoms with Crippen molar-refractivity contribution < 1.29 is 4.79 Å². The Bertz CT molecular complexity index is 614. The molecule has 0 aliphatic heterocycles. The first kappa shape index (κ1) is 19.2. The molecule has 2 atom stereocenters. The van der Waals surface area contributed by atoms with E-state index in [1.165, 1.54) is 0 Å². The van der Waals surface area contributed by atoms with Crippen LogP contribution < -0.4 is 11.1 Å². The predicted octanol–water partition coefficient (Wildman–Crippen LogP) is 3.80. The Morgan fingerprint density at radius 1 is 1.00 bits per heavy atom. The van der Waals surface area contributed by atoms with Gasteiger partial charge in [-0.2, -0.15) is 0 Å². The van der Waals surface area contributed by atoms with Gasteiger partial charge < -0.3 is 11.1 Å². The van der Waals surface area contributed by atoms with E-state index in [2.05, 4.69) is 5.32 Å². The Kier molecular flexibility index (Phi) is 6.79. The number of carbonyl (C=O) groups excluding carboxylic acids is 1. The van der Waals surface area contributed by atoms with E-state index in [0.29, 0.717) is 0 Å². The smallest absolute Gasteiger partial charge is 0.225 e. The molecule has 2 rings (SSSR count). The summed E-state index contributed by atoms with van der Waals surface area (Å²) in [5, 5.41) is 3.10. The van der Waals surface area contributed by atoms with Crippen molar-refractivity contribution in [3.05, 3.63) is 71.8 Å². The molecule has 0 spiro atoms. The monoisotopic (exact) mass is 332 g/mol. The topological polar surface area (TPSA) is 55.1 Å². The molecule has 0 saturated carbocycles. The highest BCUT2D eigenvalue weighted by Crippen LogP contribution is 2.23. The summed E-state index contributed by atoms with van der Waals surface area (Å²) in [6.07, 6.45) is 0. The van der Waals surface area contributed by atoms with E-state index in [4.69, 9.17) is 5.73 Å². The van der Waals surface area contributed by atoms with Gasteiger partial charge in [-0.25, -0.2) is 0 Å². The number of rotatable bonds is 5. The molecule has 2 aromatic carbocycles. The van der Waals surface area contributed by atoms with E-state index in [-0.39, 0.29) is 30.3 Å². The molecule has 23 heavy (non-hydrogen) atoms. The van der Waals surface area contributed by atoms with Crippen molar-refractivity contribution in [3.8, 4) is 0 Å². The number of benzene rings is 2. The molecule has 0 aliphatic carbocycles. The summed E-state index contributed by atoms with van der Waals surface area (Å²) in [6, 6.07) is 19.4. The summed E-state index contributed by atoms with van der Waals surface area (Å²) in [4.78, 5) is 12.6. The highest BCUT2D eigenvalue weighted by atomic mass is 35.5. The molecule has 3 N–H and O–H groups in total. The van der Waals surface area contributed by atoms with Crippen LogP contribution >= 0.6 is 12.4 Å². The van der Waals surface area contributed by atoms with Crippen LogP contribution in [0.2, 0.25) is 0 Å². The van der Waals surface area contributed by atoms with Gasteiger partial charge in [-0.05, 0) is 25.0 Å². The molecular formula is C19H25ClN2O. The van der Waals surface area contributed by atoms with E-state index in [1.807, 2.05) is 81.4 Å². The first-order chi connectivity index (χ1) is 10.4. The maximum atomic E-state index is 12.6. The third-order valence-electron chi connectivity index (χ3n) is 4.07. The van der Waals surface area contributed by atoms with Crippen molar-refractivity contribution >= 4 is 18.3 Å². The minimum absolute atomic E-state index is 0. The Labute approximate surface area is 144 Å². The predicted molar refractivity (Wildman–Crippen MR) is 97.4 cm³/mol. The summed E-state index contributed by atoms with van der Waals surface area (Å²) in [6.45, 7) is 5.87. The van der Waals surface area contributed by atoms with Gasteiger partial charge in [0.15, 0.2) is 0 Å². The zero-order valence-electron chi connectivity index (χ0n) is 13.8. The molecule has 0 saturated heterocycles. The number of hydrogen-bond donors (Lipinski definition) is 2. The molecule has 1 amide bonds. The highest BCUT2D eigenvalue weighted by molar-refractivity contribution is 5.85. The first-order valence-corrected chi connectivity index (χ1v) is 7.60. The minimum Gasteiger partial charge on any atom is -0.347 e. The number of nitrogens with one attached hydrogen (secondary N) is 1. The molecule has 0 aliphatic rings. The molecule has 0 bridgehead atoms. The number of hydrogen-bond acceptors (Lipinski definition) is 2. The fourth-order valence-corrected chi connectivity index (χ4v) is 2.48. The van der Waals surface area contributed by atoms with Crippen LogP contribution in [0.25, 0.3) is 0 Å². The molecule has 0 aromatic heterocycles. The second kappa shape index (κ2) is 8.14. The van der Waals surface area contributed by atoms with Crippen molar-refractivity contribution in [1.82, 2.24) is 5.32 Å². The fraction of sp³-hybridized carbons (Fsp3) is 0.316. The van der Waals surface area contributed by atoms with E-state index in [0.717, 1.165) is 11.1 Å². The van der Waals surface area contributed by atoms with Gasteiger partial charge in [-0.1, -0.05) is 67.6 Å². The lowest BCUT2D eigenvalue weighted by atomic mass is 9.90. The average Bonchev–Trinajstić information content (AvgIpc) is 2.54. The lowest BCUT2D eigenvalue weighted by molar-refractivity contribution is -0.126. The third kappa shape index (κ3) is 4.81. The number of nitrogens with two attached hydrogens (primary N) is 1. The molecule has 3 nitrogen and oxygen atoms in total. The van der Waals surface area contributed by atoms with E-state index < -0.39 is 5.54 Å².